The summed E-state index contributed by atoms with van der Waals surface area (Å²) in [4.78, 5) is 29.1. The average molecular weight is 428 g/mol. The van der Waals surface area contributed by atoms with Crippen LogP contribution in [0.4, 0.5) is 0 Å². The summed E-state index contributed by atoms with van der Waals surface area (Å²) in [5, 5.41) is 1.01. The van der Waals surface area contributed by atoms with Gasteiger partial charge in [-0.2, -0.15) is 0 Å². The molecule has 0 amide bonds. The van der Waals surface area contributed by atoms with Gasteiger partial charge in [-0.25, -0.2) is 8.42 Å². The van der Waals surface area contributed by atoms with Crippen LogP contribution in [0.15, 0.2) is 58.4 Å². The number of hydrogen-bond donors (Lipinski definition) is 1. The van der Waals surface area contributed by atoms with Gasteiger partial charge in [-0.3, -0.25) is 19.3 Å². The molecule has 3 aromatic rings. The zero-order chi connectivity index (χ0) is 20.6. The highest BCUT2D eigenvalue weighted by atomic mass is 32.2. The molecule has 0 bridgehead atoms. The van der Waals surface area contributed by atoms with E-state index < -0.39 is 22.5 Å². The fourth-order valence-corrected chi connectivity index (χ4v) is 5.48. The van der Waals surface area contributed by atoms with Crippen molar-refractivity contribution in [3.8, 4) is 0 Å². The third-order valence-electron chi connectivity index (χ3n) is 4.49. The SMILES string of the molecule is Cc1c(C(=O)COC(=O)CN=C2NS(=O)(=O)c3ccccc32)sc2ccccc12. The minimum atomic E-state index is -3.67. The molecule has 148 valence electrons. The number of carbonyl (C=O) groups is 2. The number of carbonyl (C=O) groups excluding carboxylic acids is 2. The second kappa shape index (κ2) is 7.41. The topological polar surface area (TPSA) is 102 Å². The third kappa shape index (κ3) is 3.66. The van der Waals surface area contributed by atoms with Gasteiger partial charge in [-0.05, 0) is 36.1 Å². The first kappa shape index (κ1) is 19.3. The number of sulfonamides is 1. The summed E-state index contributed by atoms with van der Waals surface area (Å²) in [5.74, 6) is -0.908. The molecular formula is C20H16N2O5S2. The first-order valence-electron chi connectivity index (χ1n) is 8.70. The number of thiophene rings is 1. The van der Waals surface area contributed by atoms with E-state index in [0.717, 1.165) is 15.6 Å². The Morgan fingerprint density at radius 2 is 1.83 bits per heavy atom. The lowest BCUT2D eigenvalue weighted by Crippen LogP contribution is -2.24. The Kier molecular flexibility index (Phi) is 4.93. The van der Waals surface area contributed by atoms with Gasteiger partial charge >= 0.3 is 5.97 Å². The maximum Gasteiger partial charge on any atom is 0.328 e. The summed E-state index contributed by atoms with van der Waals surface area (Å²) in [7, 11) is -3.67. The van der Waals surface area contributed by atoms with Crippen LogP contribution in [0.5, 0.6) is 0 Å². The largest absolute Gasteiger partial charge is 0.456 e. The van der Waals surface area contributed by atoms with Gasteiger partial charge < -0.3 is 4.74 Å². The molecule has 4 rings (SSSR count). The van der Waals surface area contributed by atoms with Crippen LogP contribution in [-0.4, -0.2) is 39.2 Å². The number of nitrogens with one attached hydrogen (secondary N) is 1. The van der Waals surface area contributed by atoms with Crippen LogP contribution >= 0.6 is 11.3 Å². The van der Waals surface area contributed by atoms with Gasteiger partial charge in [0, 0.05) is 10.3 Å². The summed E-state index contributed by atoms with van der Waals surface area (Å²) < 4.78 is 32.4. The molecule has 1 aliphatic heterocycles. The lowest BCUT2D eigenvalue weighted by molar-refractivity contribution is -0.140. The number of hydrogen-bond acceptors (Lipinski definition) is 7. The molecule has 0 atom stereocenters. The molecule has 9 heteroatoms. The monoisotopic (exact) mass is 428 g/mol. The van der Waals surface area contributed by atoms with Crippen LogP contribution < -0.4 is 4.72 Å². The molecule has 0 aliphatic carbocycles. The van der Waals surface area contributed by atoms with Crippen LogP contribution in [0, 0.1) is 6.92 Å². The van der Waals surface area contributed by atoms with E-state index in [1.165, 1.54) is 17.4 Å². The van der Waals surface area contributed by atoms with Gasteiger partial charge in [0.25, 0.3) is 10.0 Å². The van der Waals surface area contributed by atoms with Crippen LogP contribution in [0.2, 0.25) is 0 Å². The number of nitrogens with zero attached hydrogens (tertiary/aromatic N) is 1. The molecule has 1 aromatic heterocycles. The average Bonchev–Trinajstić information content (AvgIpc) is 3.19. The fraction of sp³-hybridized carbons (Fsp3) is 0.150. The van der Waals surface area contributed by atoms with Gasteiger partial charge in [0.1, 0.15) is 12.4 Å². The standard InChI is InChI=1S/C20H16N2O5S2/c1-12-13-6-2-4-8-16(13)28-19(12)15(23)11-27-18(24)10-21-20-14-7-3-5-9-17(14)29(25,26)22-20/h2-9H,10-11H2,1H3,(H,21,22). The molecule has 2 heterocycles. The number of benzene rings is 2. The van der Waals surface area contributed by atoms with Crippen molar-refractivity contribution >= 4 is 49.0 Å². The normalized spacial score (nSPS) is 15.8. The number of esters is 1. The first-order valence-corrected chi connectivity index (χ1v) is 11.0. The lowest BCUT2D eigenvalue weighted by Gasteiger charge is -2.03. The molecule has 0 radical (unpaired) electrons. The molecule has 0 unspecified atom stereocenters. The Labute approximate surface area is 171 Å². The zero-order valence-corrected chi connectivity index (χ0v) is 17.0. The van der Waals surface area contributed by atoms with Gasteiger partial charge in [-0.15, -0.1) is 11.3 Å². The van der Waals surface area contributed by atoms with Gasteiger partial charge in [-0.1, -0.05) is 30.3 Å². The molecule has 29 heavy (non-hydrogen) atoms. The molecule has 0 fully saturated rings. The van der Waals surface area contributed by atoms with Crippen LogP contribution in [-0.2, 0) is 19.6 Å². The van der Waals surface area contributed by atoms with E-state index in [-0.39, 0.29) is 23.1 Å². The van der Waals surface area contributed by atoms with E-state index in [9.17, 15) is 18.0 Å². The maximum atomic E-state index is 12.5. The number of ketones is 1. The number of aryl methyl sites for hydroxylation is 1. The second-order valence-corrected chi connectivity index (χ2v) is 9.11. The molecule has 2 aromatic carbocycles. The molecular weight excluding hydrogens is 412 g/mol. The van der Waals surface area contributed by atoms with Gasteiger partial charge in [0.05, 0.1) is 9.77 Å². The predicted molar refractivity (Wildman–Crippen MR) is 110 cm³/mol. The van der Waals surface area contributed by atoms with E-state index in [2.05, 4.69) is 9.71 Å². The van der Waals surface area contributed by atoms with Crippen LogP contribution in [0.25, 0.3) is 10.1 Å². The van der Waals surface area contributed by atoms with E-state index in [4.69, 9.17) is 4.74 Å². The van der Waals surface area contributed by atoms with E-state index in [1.807, 2.05) is 31.2 Å². The number of ether oxygens (including phenoxy) is 1. The number of rotatable bonds is 5. The van der Waals surface area contributed by atoms with E-state index in [0.29, 0.717) is 10.4 Å². The molecule has 0 spiro atoms. The molecule has 7 nitrogen and oxygen atoms in total. The number of Topliss-reactive ketones (excluding diaryl/α,β-unsaturated/α-hetero) is 1. The highest BCUT2D eigenvalue weighted by molar-refractivity contribution is 7.90. The molecule has 0 saturated heterocycles. The quantitative estimate of drug-likeness (QED) is 0.497. The smallest absolute Gasteiger partial charge is 0.328 e. The van der Waals surface area contributed by atoms with E-state index in [1.54, 1.807) is 18.2 Å². The van der Waals surface area contributed by atoms with Crippen molar-refractivity contribution < 1.29 is 22.7 Å². The summed E-state index contributed by atoms with van der Waals surface area (Å²) in [6, 6.07) is 14.0. The summed E-state index contributed by atoms with van der Waals surface area (Å²) in [6.45, 7) is 1.08. The highest BCUT2D eigenvalue weighted by Crippen LogP contribution is 2.30. The minimum absolute atomic E-state index is 0.0872. The third-order valence-corrected chi connectivity index (χ3v) is 7.20. The summed E-state index contributed by atoms with van der Waals surface area (Å²) >= 11 is 1.36. The Morgan fingerprint density at radius 1 is 1.10 bits per heavy atom. The Hall–Kier alpha value is -3.04. The predicted octanol–water partition coefficient (Wildman–Crippen LogP) is 2.67. The van der Waals surface area contributed by atoms with Crippen molar-refractivity contribution in [1.82, 2.24) is 4.72 Å². The van der Waals surface area contributed by atoms with Crippen LogP contribution in [0.1, 0.15) is 20.8 Å². The molecule has 1 N–H and O–H groups in total. The van der Waals surface area contributed by atoms with Crippen LogP contribution in [0.3, 0.4) is 0 Å². The lowest BCUT2D eigenvalue weighted by atomic mass is 10.1. The minimum Gasteiger partial charge on any atom is -0.456 e. The van der Waals surface area contributed by atoms with Crippen molar-refractivity contribution in [2.24, 2.45) is 4.99 Å². The maximum absolute atomic E-state index is 12.5. The first-order chi connectivity index (χ1) is 13.9. The summed E-state index contributed by atoms with van der Waals surface area (Å²) in [6.07, 6.45) is 0. The van der Waals surface area contributed by atoms with Crippen molar-refractivity contribution in [3.63, 3.8) is 0 Å². The van der Waals surface area contributed by atoms with E-state index >= 15 is 0 Å². The molecule has 1 aliphatic rings. The Morgan fingerprint density at radius 3 is 2.62 bits per heavy atom. The number of fused-ring (bicyclic) bond motifs is 2. The van der Waals surface area contributed by atoms with Gasteiger partial charge in [0.15, 0.2) is 6.61 Å². The molecule has 0 saturated carbocycles. The second-order valence-electron chi connectivity index (χ2n) is 6.40. The van der Waals surface area contributed by atoms with Crippen molar-refractivity contribution in [3.05, 3.63) is 64.5 Å². The number of amidine groups is 1. The van der Waals surface area contributed by atoms with Gasteiger partial charge in [0.2, 0.25) is 5.78 Å². The number of aliphatic imine (C=N–C) groups is 1. The van der Waals surface area contributed by atoms with Crippen molar-refractivity contribution in [2.75, 3.05) is 13.2 Å². The highest BCUT2D eigenvalue weighted by Gasteiger charge is 2.30. The van der Waals surface area contributed by atoms with Crippen molar-refractivity contribution in [1.29, 1.82) is 0 Å². The van der Waals surface area contributed by atoms with Crippen molar-refractivity contribution in [2.45, 2.75) is 11.8 Å². The zero-order valence-electron chi connectivity index (χ0n) is 15.3. The fourth-order valence-electron chi connectivity index (χ4n) is 3.09. The Bertz CT molecular complexity index is 1280. The Balaban J connectivity index is 1.41. The summed E-state index contributed by atoms with van der Waals surface area (Å²) in [5.41, 5.74) is 1.26.